The normalized spacial score (nSPS) is 10.5. The third-order valence-corrected chi connectivity index (χ3v) is 1.96. The molecule has 0 atom stereocenters. The largest absolute Gasteiger partial charge is 0.328 e. The molecular weight excluding hydrogens is 200 g/mol. The van der Waals surface area contributed by atoms with Crippen molar-refractivity contribution in [1.82, 2.24) is 19.9 Å². The monoisotopic (exact) mass is 208 g/mol. The fraction of sp³-hybridized carbons (Fsp3) is 0.250. The number of aromatic nitrogens is 4. The SMILES string of the molecule is Cc1nonc1Cn1ccc(=O)[nH]c1=O. The molecule has 7 nitrogen and oxygen atoms in total. The zero-order valence-electron chi connectivity index (χ0n) is 7.93. The second kappa shape index (κ2) is 3.52. The van der Waals surface area contributed by atoms with Gasteiger partial charge in [0.25, 0.3) is 5.56 Å². The molecule has 0 fully saturated rings. The lowest BCUT2D eigenvalue weighted by molar-refractivity contribution is 0.300. The van der Waals surface area contributed by atoms with Crippen LogP contribution in [-0.2, 0) is 6.54 Å². The highest BCUT2D eigenvalue weighted by atomic mass is 16.6. The van der Waals surface area contributed by atoms with E-state index in [9.17, 15) is 9.59 Å². The average Bonchev–Trinajstić information content (AvgIpc) is 2.57. The van der Waals surface area contributed by atoms with Crippen molar-refractivity contribution in [2.45, 2.75) is 13.5 Å². The number of rotatable bonds is 2. The second-order valence-electron chi connectivity index (χ2n) is 3.03. The van der Waals surface area contributed by atoms with Crippen LogP contribution in [0, 0.1) is 6.92 Å². The molecule has 7 heteroatoms. The molecule has 78 valence electrons. The van der Waals surface area contributed by atoms with Gasteiger partial charge in [-0.1, -0.05) is 10.3 Å². The van der Waals surface area contributed by atoms with Crippen molar-refractivity contribution in [3.8, 4) is 0 Å². The Labute approximate surface area is 83.3 Å². The van der Waals surface area contributed by atoms with Crippen LogP contribution in [0.25, 0.3) is 0 Å². The van der Waals surface area contributed by atoms with Gasteiger partial charge in [0.15, 0.2) is 0 Å². The van der Waals surface area contributed by atoms with Crippen molar-refractivity contribution < 1.29 is 4.63 Å². The van der Waals surface area contributed by atoms with Gasteiger partial charge in [-0.2, -0.15) is 0 Å². The topological polar surface area (TPSA) is 93.8 Å². The highest BCUT2D eigenvalue weighted by Gasteiger charge is 2.06. The first-order valence-corrected chi connectivity index (χ1v) is 4.24. The van der Waals surface area contributed by atoms with Gasteiger partial charge in [0, 0.05) is 12.3 Å². The van der Waals surface area contributed by atoms with Crippen molar-refractivity contribution in [1.29, 1.82) is 0 Å². The van der Waals surface area contributed by atoms with E-state index >= 15 is 0 Å². The smallest absolute Gasteiger partial charge is 0.294 e. The third-order valence-electron chi connectivity index (χ3n) is 1.96. The maximum Gasteiger partial charge on any atom is 0.328 e. The Morgan fingerprint density at radius 1 is 1.47 bits per heavy atom. The molecule has 2 aromatic heterocycles. The molecule has 15 heavy (non-hydrogen) atoms. The molecule has 0 spiro atoms. The summed E-state index contributed by atoms with van der Waals surface area (Å²) in [6.45, 7) is 1.95. The summed E-state index contributed by atoms with van der Waals surface area (Å²) < 4.78 is 5.81. The summed E-state index contributed by atoms with van der Waals surface area (Å²) in [5.74, 6) is 0. The summed E-state index contributed by atoms with van der Waals surface area (Å²) in [6, 6.07) is 1.27. The number of aryl methyl sites for hydroxylation is 1. The first-order chi connectivity index (χ1) is 7.16. The van der Waals surface area contributed by atoms with E-state index < -0.39 is 11.2 Å². The number of hydrogen-bond donors (Lipinski definition) is 1. The van der Waals surface area contributed by atoms with Gasteiger partial charge in [0.2, 0.25) is 0 Å². The molecule has 0 unspecified atom stereocenters. The summed E-state index contributed by atoms with van der Waals surface area (Å²) in [6.07, 6.45) is 1.40. The van der Waals surface area contributed by atoms with E-state index in [1.165, 1.54) is 16.8 Å². The predicted molar refractivity (Wildman–Crippen MR) is 49.5 cm³/mol. The van der Waals surface area contributed by atoms with Crippen molar-refractivity contribution in [3.05, 3.63) is 44.5 Å². The summed E-state index contributed by atoms with van der Waals surface area (Å²) >= 11 is 0. The van der Waals surface area contributed by atoms with E-state index in [0.717, 1.165) is 0 Å². The van der Waals surface area contributed by atoms with Crippen molar-refractivity contribution in [2.75, 3.05) is 0 Å². The van der Waals surface area contributed by atoms with Crippen LogP contribution in [-0.4, -0.2) is 19.9 Å². The summed E-state index contributed by atoms with van der Waals surface area (Å²) in [5.41, 5.74) is 0.272. The van der Waals surface area contributed by atoms with Gasteiger partial charge in [0.1, 0.15) is 11.4 Å². The number of nitrogens with one attached hydrogen (secondary N) is 1. The molecule has 0 bridgehead atoms. The van der Waals surface area contributed by atoms with E-state index in [0.29, 0.717) is 11.4 Å². The van der Waals surface area contributed by atoms with Crippen molar-refractivity contribution >= 4 is 0 Å². The van der Waals surface area contributed by atoms with E-state index in [4.69, 9.17) is 0 Å². The number of H-pyrrole nitrogens is 1. The lowest BCUT2D eigenvalue weighted by atomic mass is 10.3. The summed E-state index contributed by atoms with van der Waals surface area (Å²) in [7, 11) is 0. The zero-order chi connectivity index (χ0) is 10.8. The second-order valence-corrected chi connectivity index (χ2v) is 3.03. The van der Waals surface area contributed by atoms with Crippen LogP contribution in [0.5, 0.6) is 0 Å². The van der Waals surface area contributed by atoms with E-state index in [-0.39, 0.29) is 6.54 Å². The molecule has 1 N–H and O–H groups in total. The van der Waals surface area contributed by atoms with Gasteiger partial charge in [-0.15, -0.1) is 0 Å². The Morgan fingerprint density at radius 3 is 2.87 bits per heavy atom. The molecule has 0 saturated heterocycles. The Bertz CT molecular complexity index is 580. The highest BCUT2D eigenvalue weighted by Crippen LogP contribution is 2.00. The van der Waals surface area contributed by atoms with Crippen LogP contribution < -0.4 is 11.2 Å². The lowest BCUT2D eigenvalue weighted by Crippen LogP contribution is -2.29. The number of hydrogen-bond acceptors (Lipinski definition) is 5. The Balaban J connectivity index is 2.37. The molecule has 2 heterocycles. The fourth-order valence-electron chi connectivity index (χ4n) is 1.12. The maximum absolute atomic E-state index is 11.3. The van der Waals surface area contributed by atoms with Crippen LogP contribution >= 0.6 is 0 Å². The summed E-state index contributed by atoms with van der Waals surface area (Å²) in [4.78, 5) is 24.2. The Morgan fingerprint density at radius 2 is 2.27 bits per heavy atom. The molecular formula is C8H8N4O3. The first-order valence-electron chi connectivity index (χ1n) is 4.24. The Hall–Kier alpha value is -2.18. The third kappa shape index (κ3) is 1.85. The van der Waals surface area contributed by atoms with Crippen LogP contribution in [0.1, 0.15) is 11.4 Å². The molecule has 0 amide bonds. The van der Waals surface area contributed by atoms with Crippen LogP contribution in [0.4, 0.5) is 0 Å². The van der Waals surface area contributed by atoms with Gasteiger partial charge in [0.05, 0.1) is 6.54 Å². The van der Waals surface area contributed by atoms with Crippen LogP contribution in [0.2, 0.25) is 0 Å². The first kappa shape index (κ1) is 9.38. The Kier molecular flexibility index (Phi) is 2.20. The maximum atomic E-state index is 11.3. The van der Waals surface area contributed by atoms with Crippen molar-refractivity contribution in [2.24, 2.45) is 0 Å². The quantitative estimate of drug-likeness (QED) is 0.702. The molecule has 0 aliphatic heterocycles. The zero-order valence-corrected chi connectivity index (χ0v) is 7.93. The molecule has 0 radical (unpaired) electrons. The van der Waals surface area contributed by atoms with Crippen molar-refractivity contribution in [3.63, 3.8) is 0 Å². The standard InChI is InChI=1S/C8H8N4O3/c1-5-6(11-15-10-5)4-12-3-2-7(13)9-8(12)14/h2-3H,4H2,1H3,(H,9,13,14). The minimum Gasteiger partial charge on any atom is -0.294 e. The van der Waals surface area contributed by atoms with Crippen LogP contribution in [0.3, 0.4) is 0 Å². The minimum atomic E-state index is -0.482. The fourth-order valence-corrected chi connectivity index (χ4v) is 1.12. The van der Waals surface area contributed by atoms with Gasteiger partial charge in [-0.05, 0) is 6.92 Å². The molecule has 0 aromatic carbocycles. The van der Waals surface area contributed by atoms with E-state index in [2.05, 4.69) is 19.9 Å². The number of aromatic amines is 1. The average molecular weight is 208 g/mol. The minimum absolute atomic E-state index is 0.227. The molecule has 2 aromatic rings. The molecule has 0 aliphatic carbocycles. The van der Waals surface area contributed by atoms with Gasteiger partial charge < -0.3 is 0 Å². The predicted octanol–water partition coefficient (Wildman–Crippen LogP) is -0.724. The molecule has 2 rings (SSSR count). The van der Waals surface area contributed by atoms with Crippen LogP contribution in [0.15, 0.2) is 26.5 Å². The highest BCUT2D eigenvalue weighted by molar-refractivity contribution is 5.05. The van der Waals surface area contributed by atoms with Gasteiger partial charge in [-0.3, -0.25) is 14.3 Å². The van der Waals surface area contributed by atoms with Gasteiger partial charge >= 0.3 is 5.69 Å². The molecule has 0 saturated carbocycles. The number of nitrogens with zero attached hydrogens (tertiary/aromatic N) is 3. The van der Waals surface area contributed by atoms with Gasteiger partial charge in [-0.25, -0.2) is 9.42 Å². The summed E-state index contributed by atoms with van der Waals surface area (Å²) in [5, 5.41) is 7.22. The van der Waals surface area contributed by atoms with E-state index in [1.807, 2.05) is 0 Å². The lowest BCUT2D eigenvalue weighted by Gasteiger charge is -2.00. The van der Waals surface area contributed by atoms with E-state index in [1.54, 1.807) is 6.92 Å². The molecule has 0 aliphatic rings.